The lowest BCUT2D eigenvalue weighted by atomic mass is 9.89. The van der Waals surface area contributed by atoms with Gasteiger partial charge in [0.15, 0.2) is 0 Å². The largest absolute Gasteiger partial charge is 0.496 e. The number of halogens is 3. The number of hydrogen-bond acceptors (Lipinski definition) is 5. The van der Waals surface area contributed by atoms with Crippen LogP contribution in [0.15, 0.2) is 90.7 Å². The van der Waals surface area contributed by atoms with Crippen molar-refractivity contribution < 1.29 is 22.7 Å². The molecule has 1 unspecified atom stereocenters. The summed E-state index contributed by atoms with van der Waals surface area (Å²) in [6.07, 6.45) is 5.00. The molecule has 0 radical (unpaired) electrons. The van der Waals surface area contributed by atoms with Crippen molar-refractivity contribution in [2.45, 2.75) is 79.9 Å². The Morgan fingerprint density at radius 2 is 1.72 bits per heavy atom. The molecule has 1 aliphatic carbocycles. The third-order valence-electron chi connectivity index (χ3n) is 7.40. The van der Waals surface area contributed by atoms with E-state index in [1.165, 1.54) is 30.9 Å². The fourth-order valence-corrected chi connectivity index (χ4v) is 4.95. The Morgan fingerprint density at radius 1 is 1.06 bits per heavy atom. The molecule has 4 rings (SSSR count). The highest BCUT2D eigenvalue weighted by Gasteiger charge is 2.30. The Morgan fingerprint density at radius 3 is 2.28 bits per heavy atom. The summed E-state index contributed by atoms with van der Waals surface area (Å²) in [5, 5.41) is 18.0. The molecule has 0 saturated heterocycles. The van der Waals surface area contributed by atoms with Crippen molar-refractivity contribution >= 4 is 23.9 Å². The number of rotatable bonds is 13. The average Bonchev–Trinajstić information content (AvgIpc) is 3.95. The van der Waals surface area contributed by atoms with Crippen molar-refractivity contribution in [3.8, 4) is 11.8 Å². The van der Waals surface area contributed by atoms with Gasteiger partial charge in [0.1, 0.15) is 5.75 Å². The lowest BCUT2D eigenvalue weighted by Crippen LogP contribution is -2.26. The number of amides is 1. The fraction of sp³-hybridized carbons (Fsp3) is 0.366. The topological polar surface area (TPSA) is 86.2 Å². The van der Waals surface area contributed by atoms with Crippen LogP contribution in [-0.4, -0.2) is 26.2 Å². The van der Waals surface area contributed by atoms with Crippen LogP contribution in [-0.2, 0) is 11.2 Å². The number of benzene rings is 3. The van der Waals surface area contributed by atoms with Gasteiger partial charge < -0.3 is 20.7 Å². The monoisotopic (exact) mass is 690 g/mol. The third kappa shape index (κ3) is 14.0. The fourth-order valence-electron chi connectivity index (χ4n) is 4.95. The Hall–Kier alpha value is -4.81. The molecule has 6 nitrogen and oxygen atoms in total. The van der Waals surface area contributed by atoms with E-state index in [9.17, 15) is 18.0 Å². The summed E-state index contributed by atoms with van der Waals surface area (Å²) in [6, 6.07) is 20.7. The van der Waals surface area contributed by atoms with Gasteiger partial charge >= 0.3 is 6.18 Å². The van der Waals surface area contributed by atoms with Crippen LogP contribution >= 0.6 is 0 Å². The van der Waals surface area contributed by atoms with E-state index in [1.54, 1.807) is 31.4 Å². The zero-order valence-corrected chi connectivity index (χ0v) is 30.7. The minimum absolute atomic E-state index is 0.0124. The number of nitriles is 1. The van der Waals surface area contributed by atoms with Gasteiger partial charge in [0, 0.05) is 22.6 Å². The van der Waals surface area contributed by atoms with E-state index < -0.39 is 11.7 Å². The van der Waals surface area contributed by atoms with Gasteiger partial charge in [-0.25, -0.2) is 0 Å². The Bertz CT molecular complexity index is 1600. The number of nitrogens with zero attached hydrogens (tertiary/aromatic N) is 1. The maximum Gasteiger partial charge on any atom is 0.415 e. The van der Waals surface area contributed by atoms with Crippen molar-refractivity contribution in [3.05, 3.63) is 118 Å². The number of ether oxygens (including phenoxy) is 1. The molecule has 0 spiro atoms. The van der Waals surface area contributed by atoms with E-state index in [1.807, 2.05) is 58.9 Å². The van der Waals surface area contributed by atoms with Crippen molar-refractivity contribution in [1.29, 1.82) is 5.26 Å². The molecule has 0 aliphatic heterocycles. The van der Waals surface area contributed by atoms with Gasteiger partial charge in [0.2, 0.25) is 6.41 Å². The minimum Gasteiger partial charge on any atom is -0.496 e. The zero-order chi connectivity index (χ0) is 37.7. The molecule has 3 N–H and O–H groups in total. The molecule has 1 atom stereocenters. The number of allylic oxidation sites excluding steroid dienone is 4. The van der Waals surface area contributed by atoms with Crippen molar-refractivity contribution in [1.82, 2.24) is 5.32 Å². The predicted molar refractivity (Wildman–Crippen MR) is 202 cm³/mol. The van der Waals surface area contributed by atoms with Crippen molar-refractivity contribution in [2.75, 3.05) is 24.3 Å². The molecule has 50 heavy (non-hydrogen) atoms. The average molecular weight is 691 g/mol. The highest BCUT2D eigenvalue weighted by Crippen LogP contribution is 2.38. The number of anilines is 2. The number of methoxy groups -OCH3 is 1. The van der Waals surface area contributed by atoms with E-state index in [0.717, 1.165) is 53.9 Å². The van der Waals surface area contributed by atoms with Crippen LogP contribution in [0.1, 0.15) is 95.2 Å². The molecule has 3 aromatic rings. The standard InChI is InChI=1S/C24H30N2O2.C13H11F3N2.2C2H6/c1-4-7-21-18(5-2)12-13-22(28-3)23(21)24(25-15-17-10-11-17)19-8-6-9-20(14-19)26-16-27;1-9(13(14,15)16)6-10(2)18-12-5-3-4-11(7-12)8-17;2*1-2/h4,6-9,12-14,16-17,24-25H,5,10-11,15H2,1-3H3,(H,26,27);3-7,18H,1H2,2H3;2*1-2H3/b7-4-;10-6-;;. The summed E-state index contributed by atoms with van der Waals surface area (Å²) in [6.45, 7) is 17.6. The number of nitrogens with one attached hydrogen (secondary N) is 3. The maximum absolute atomic E-state index is 12.3. The van der Waals surface area contributed by atoms with E-state index in [2.05, 4.69) is 59.8 Å². The van der Waals surface area contributed by atoms with Gasteiger partial charge in [-0.05, 0) is 105 Å². The third-order valence-corrected chi connectivity index (χ3v) is 7.40. The van der Waals surface area contributed by atoms with Crippen molar-refractivity contribution in [3.63, 3.8) is 0 Å². The van der Waals surface area contributed by atoms with Gasteiger partial charge in [-0.1, -0.05) is 77.6 Å². The normalized spacial score (nSPS) is 12.8. The van der Waals surface area contributed by atoms with Crippen LogP contribution in [0, 0.1) is 17.2 Å². The Kier molecular flexibility index (Phi) is 19.7. The molecule has 1 saturated carbocycles. The van der Waals surface area contributed by atoms with Gasteiger partial charge in [-0.15, -0.1) is 0 Å². The molecule has 1 fully saturated rings. The Labute approximate surface area is 297 Å². The first kappa shape index (κ1) is 43.2. The molecule has 270 valence electrons. The van der Waals surface area contributed by atoms with E-state index in [-0.39, 0.29) is 6.04 Å². The first-order valence-electron chi connectivity index (χ1n) is 17.1. The van der Waals surface area contributed by atoms with Crippen LogP contribution in [0.5, 0.6) is 5.75 Å². The SMILES string of the molecule is C/C=C\c1c(CC)ccc(OC)c1C(NCC1CC1)c1cccc(NC=O)c1.C=C(/C=C(/C)Nc1cccc(C#N)c1)C(F)(F)F.CC.CC. The van der Waals surface area contributed by atoms with Crippen LogP contribution in [0.3, 0.4) is 0 Å². The van der Waals surface area contributed by atoms with Crippen LogP contribution in [0.25, 0.3) is 6.08 Å². The minimum atomic E-state index is -4.43. The molecule has 3 aromatic carbocycles. The van der Waals surface area contributed by atoms with E-state index in [4.69, 9.17) is 10.00 Å². The maximum atomic E-state index is 12.3. The molecule has 0 aromatic heterocycles. The first-order chi connectivity index (χ1) is 24.0. The molecule has 1 aliphatic rings. The van der Waals surface area contributed by atoms with Crippen LogP contribution in [0.2, 0.25) is 0 Å². The molecular weight excluding hydrogens is 637 g/mol. The smallest absolute Gasteiger partial charge is 0.415 e. The number of aryl methyl sites for hydroxylation is 1. The Balaban J connectivity index is 0.000000492. The quantitative estimate of drug-likeness (QED) is 0.123. The summed E-state index contributed by atoms with van der Waals surface area (Å²) in [7, 11) is 1.73. The number of hydrogen-bond donors (Lipinski definition) is 3. The van der Waals surface area contributed by atoms with Crippen molar-refractivity contribution in [2.24, 2.45) is 5.92 Å². The molecular formula is C41H53F3N4O2. The van der Waals surface area contributed by atoms with Crippen LogP contribution < -0.4 is 20.7 Å². The highest BCUT2D eigenvalue weighted by molar-refractivity contribution is 5.72. The second kappa shape index (κ2) is 22.8. The van der Waals surface area contributed by atoms with Crippen LogP contribution in [0.4, 0.5) is 24.5 Å². The number of carbonyl (C=O) groups is 1. The predicted octanol–water partition coefficient (Wildman–Crippen LogP) is 11.0. The molecule has 1 amide bonds. The molecule has 0 heterocycles. The summed E-state index contributed by atoms with van der Waals surface area (Å²) < 4.78 is 42.5. The van der Waals surface area contributed by atoms with Gasteiger partial charge in [0.05, 0.1) is 30.4 Å². The highest BCUT2D eigenvalue weighted by atomic mass is 19.4. The van der Waals surface area contributed by atoms with E-state index >= 15 is 0 Å². The summed E-state index contributed by atoms with van der Waals surface area (Å²) in [5.41, 5.74) is 5.94. The summed E-state index contributed by atoms with van der Waals surface area (Å²) >= 11 is 0. The second-order valence-corrected chi connectivity index (χ2v) is 10.9. The summed E-state index contributed by atoms with van der Waals surface area (Å²) in [4.78, 5) is 10.9. The lowest BCUT2D eigenvalue weighted by Gasteiger charge is -2.26. The zero-order valence-electron chi connectivity index (χ0n) is 30.7. The second-order valence-electron chi connectivity index (χ2n) is 10.9. The molecule has 9 heteroatoms. The number of alkyl halides is 3. The van der Waals surface area contributed by atoms with Gasteiger partial charge in [0.25, 0.3) is 0 Å². The van der Waals surface area contributed by atoms with Gasteiger partial charge in [-0.2, -0.15) is 18.4 Å². The summed E-state index contributed by atoms with van der Waals surface area (Å²) in [5.74, 6) is 1.64. The lowest BCUT2D eigenvalue weighted by molar-refractivity contribution is -0.105. The molecule has 0 bridgehead atoms. The first-order valence-corrected chi connectivity index (χ1v) is 17.1. The van der Waals surface area contributed by atoms with Gasteiger partial charge in [-0.3, -0.25) is 4.79 Å². The van der Waals surface area contributed by atoms with E-state index in [0.29, 0.717) is 16.9 Å². The number of carbonyl (C=O) groups excluding carboxylic acids is 1.